The molecule has 2 amide bonds. The van der Waals surface area contributed by atoms with Crippen LogP contribution >= 0.6 is 0 Å². The lowest BCUT2D eigenvalue weighted by Crippen LogP contribution is -2.50. The number of aliphatic hydroxyl groups is 1. The molecule has 1 aliphatic rings. The van der Waals surface area contributed by atoms with E-state index in [4.69, 9.17) is 4.74 Å². The molecule has 0 fully saturated rings. The molecule has 11 heteroatoms. The molecule has 40 heavy (non-hydrogen) atoms. The van der Waals surface area contributed by atoms with Crippen molar-refractivity contribution in [2.24, 2.45) is 5.92 Å². The number of amides is 2. The number of likely N-dealkylation sites (N-methyl/N-ethyl adjacent to an activating group) is 1. The van der Waals surface area contributed by atoms with Crippen molar-refractivity contribution >= 4 is 27.5 Å². The van der Waals surface area contributed by atoms with E-state index in [1.165, 1.54) is 29.8 Å². The van der Waals surface area contributed by atoms with Gasteiger partial charge in [0.1, 0.15) is 11.9 Å². The van der Waals surface area contributed by atoms with Crippen LogP contribution in [0.25, 0.3) is 0 Å². The summed E-state index contributed by atoms with van der Waals surface area (Å²) in [5.74, 6) is -0.730. The molecule has 2 N–H and O–H groups in total. The molecule has 2 heterocycles. The third-order valence-electron chi connectivity index (χ3n) is 7.03. The highest BCUT2D eigenvalue weighted by Gasteiger charge is 2.35. The largest absolute Gasteiger partial charge is 0.488 e. The topological polar surface area (TPSA) is 129 Å². The average Bonchev–Trinajstić information content (AvgIpc) is 2.95. The van der Waals surface area contributed by atoms with E-state index in [2.05, 4.69) is 10.3 Å². The number of anilines is 1. The Morgan fingerprint density at radius 3 is 2.50 bits per heavy atom. The maximum Gasteiger partial charge on any atom is 0.258 e. The molecule has 0 unspecified atom stereocenters. The van der Waals surface area contributed by atoms with E-state index in [0.29, 0.717) is 11.3 Å². The number of hydrogen-bond acceptors (Lipinski definition) is 7. The normalized spacial score (nSPS) is 18.4. The van der Waals surface area contributed by atoms with Crippen LogP contribution in [-0.2, 0) is 10.0 Å². The molecule has 3 aromatic rings. The fourth-order valence-corrected chi connectivity index (χ4v) is 5.65. The summed E-state index contributed by atoms with van der Waals surface area (Å²) in [7, 11) is -2.29. The van der Waals surface area contributed by atoms with Crippen molar-refractivity contribution < 1.29 is 27.9 Å². The first kappa shape index (κ1) is 29.2. The van der Waals surface area contributed by atoms with Crippen LogP contribution in [0.1, 0.15) is 40.1 Å². The molecule has 2 aromatic carbocycles. The molecule has 0 spiro atoms. The lowest BCUT2D eigenvalue weighted by atomic mass is 9.99. The summed E-state index contributed by atoms with van der Waals surface area (Å²) in [6.07, 6.45) is 2.42. The predicted octanol–water partition coefficient (Wildman–Crippen LogP) is 3.18. The highest BCUT2D eigenvalue weighted by Crippen LogP contribution is 2.31. The lowest BCUT2D eigenvalue weighted by Gasteiger charge is -2.38. The van der Waals surface area contributed by atoms with Crippen molar-refractivity contribution in [3.8, 4) is 5.75 Å². The number of sulfonamides is 1. The minimum absolute atomic E-state index is 0.0346. The molecule has 3 atom stereocenters. The summed E-state index contributed by atoms with van der Waals surface area (Å²) in [4.78, 5) is 32.0. The van der Waals surface area contributed by atoms with Gasteiger partial charge in [0.05, 0.1) is 29.7 Å². The van der Waals surface area contributed by atoms with E-state index < -0.39 is 22.2 Å². The lowest BCUT2D eigenvalue weighted by molar-refractivity contribution is 0.0387. The SMILES string of the molecule is Cc1ccc(S(=O)(=O)N(C)C[C@H]2Oc3ccc(NC(=O)c4ccncc4)cc3C(=O)N([C@@H](C)CO)C[C@@H]2C)cc1. The van der Waals surface area contributed by atoms with Gasteiger partial charge in [0.25, 0.3) is 11.8 Å². The highest BCUT2D eigenvalue weighted by atomic mass is 32.2. The molecule has 1 aromatic heterocycles. The van der Waals surface area contributed by atoms with Gasteiger partial charge >= 0.3 is 0 Å². The summed E-state index contributed by atoms with van der Waals surface area (Å²) >= 11 is 0. The van der Waals surface area contributed by atoms with Crippen molar-refractivity contribution in [3.63, 3.8) is 0 Å². The van der Waals surface area contributed by atoms with E-state index in [1.54, 1.807) is 60.4 Å². The van der Waals surface area contributed by atoms with Crippen LogP contribution < -0.4 is 10.1 Å². The van der Waals surface area contributed by atoms with Gasteiger partial charge in [0.2, 0.25) is 10.0 Å². The van der Waals surface area contributed by atoms with Gasteiger partial charge in [-0.25, -0.2) is 8.42 Å². The summed E-state index contributed by atoms with van der Waals surface area (Å²) in [5, 5.41) is 12.7. The molecular weight excluding hydrogens is 532 g/mol. The second-order valence-electron chi connectivity index (χ2n) is 10.1. The Bertz CT molecular complexity index is 1460. The Labute approximate surface area is 234 Å². The number of ether oxygens (including phenoxy) is 1. The molecular formula is C29H34N4O6S. The van der Waals surface area contributed by atoms with Gasteiger partial charge in [-0.15, -0.1) is 0 Å². The fraction of sp³-hybridized carbons (Fsp3) is 0.345. The number of aromatic nitrogens is 1. The highest BCUT2D eigenvalue weighted by molar-refractivity contribution is 7.89. The number of benzene rings is 2. The number of hydrogen-bond donors (Lipinski definition) is 2. The average molecular weight is 567 g/mol. The summed E-state index contributed by atoms with van der Waals surface area (Å²) < 4.78 is 34.1. The molecule has 0 bridgehead atoms. The number of fused-ring (bicyclic) bond motifs is 1. The Hall–Kier alpha value is -3.80. The van der Waals surface area contributed by atoms with Crippen LogP contribution in [0.4, 0.5) is 5.69 Å². The minimum atomic E-state index is -3.79. The van der Waals surface area contributed by atoms with Crippen LogP contribution in [0.5, 0.6) is 5.75 Å². The number of aryl methyl sites for hydroxylation is 1. The van der Waals surface area contributed by atoms with Gasteiger partial charge in [0, 0.05) is 43.2 Å². The van der Waals surface area contributed by atoms with Gasteiger partial charge < -0.3 is 20.1 Å². The first-order valence-electron chi connectivity index (χ1n) is 13.0. The first-order chi connectivity index (χ1) is 19.0. The van der Waals surface area contributed by atoms with Crippen molar-refractivity contribution in [1.82, 2.24) is 14.2 Å². The zero-order valence-corrected chi connectivity index (χ0v) is 23.8. The maximum atomic E-state index is 13.7. The van der Waals surface area contributed by atoms with Crippen LogP contribution in [-0.4, -0.2) is 78.4 Å². The monoisotopic (exact) mass is 566 g/mol. The Morgan fingerprint density at radius 2 is 1.85 bits per heavy atom. The predicted molar refractivity (Wildman–Crippen MR) is 151 cm³/mol. The molecule has 212 valence electrons. The molecule has 0 saturated heterocycles. The van der Waals surface area contributed by atoms with Crippen LogP contribution in [0.2, 0.25) is 0 Å². The quantitative estimate of drug-likeness (QED) is 0.428. The molecule has 0 saturated carbocycles. The van der Waals surface area contributed by atoms with Crippen LogP contribution in [0.15, 0.2) is 71.9 Å². The third kappa shape index (κ3) is 6.33. The molecule has 10 nitrogen and oxygen atoms in total. The van der Waals surface area contributed by atoms with Crippen molar-refractivity contribution in [2.75, 3.05) is 32.1 Å². The second-order valence-corrected chi connectivity index (χ2v) is 12.2. The zero-order valence-electron chi connectivity index (χ0n) is 22.9. The van der Waals surface area contributed by atoms with E-state index in [1.807, 2.05) is 13.8 Å². The number of rotatable bonds is 8. The van der Waals surface area contributed by atoms with Crippen LogP contribution in [0.3, 0.4) is 0 Å². The maximum absolute atomic E-state index is 13.7. The second kappa shape index (κ2) is 12.2. The Kier molecular flexibility index (Phi) is 8.87. The van der Waals surface area contributed by atoms with Gasteiger partial charge in [-0.2, -0.15) is 4.31 Å². The zero-order chi connectivity index (χ0) is 29.0. The van der Waals surface area contributed by atoms with Crippen molar-refractivity contribution in [3.05, 3.63) is 83.7 Å². The summed E-state index contributed by atoms with van der Waals surface area (Å²) in [5.41, 5.74) is 1.95. The number of aliphatic hydroxyl groups excluding tert-OH is 1. The fourth-order valence-electron chi connectivity index (χ4n) is 4.47. The van der Waals surface area contributed by atoms with Gasteiger partial charge in [-0.1, -0.05) is 24.6 Å². The number of carbonyl (C=O) groups excluding carboxylic acids is 2. The summed E-state index contributed by atoms with van der Waals surface area (Å²) in [6, 6.07) is 14.1. The van der Waals surface area contributed by atoms with E-state index in [9.17, 15) is 23.1 Å². The third-order valence-corrected chi connectivity index (χ3v) is 8.87. The molecule has 0 aliphatic carbocycles. The van der Waals surface area contributed by atoms with Crippen molar-refractivity contribution in [1.29, 1.82) is 0 Å². The van der Waals surface area contributed by atoms with E-state index >= 15 is 0 Å². The number of pyridine rings is 1. The van der Waals surface area contributed by atoms with Gasteiger partial charge in [-0.05, 0) is 56.3 Å². The molecule has 1 aliphatic heterocycles. The Morgan fingerprint density at radius 1 is 1.18 bits per heavy atom. The number of nitrogens with one attached hydrogen (secondary N) is 1. The van der Waals surface area contributed by atoms with Gasteiger partial charge in [-0.3, -0.25) is 14.6 Å². The first-order valence-corrected chi connectivity index (χ1v) is 14.4. The van der Waals surface area contributed by atoms with Crippen molar-refractivity contribution in [2.45, 2.75) is 37.8 Å². The standard InChI is InChI=1S/C29H34N4O6S/c1-19-5-8-24(9-6-19)40(37,38)32(4)17-27-20(2)16-33(21(3)18-34)29(36)25-15-23(7-10-26(25)39-27)31-28(35)22-11-13-30-14-12-22/h5-15,20-21,27,34H,16-18H2,1-4H3,(H,31,35)/t20-,21-,27+/m0/s1. The van der Waals surface area contributed by atoms with Crippen LogP contribution in [0, 0.1) is 12.8 Å². The smallest absolute Gasteiger partial charge is 0.258 e. The molecule has 0 radical (unpaired) electrons. The number of carbonyl (C=O) groups is 2. The van der Waals surface area contributed by atoms with Gasteiger partial charge in [0.15, 0.2) is 0 Å². The Balaban J connectivity index is 1.65. The van der Waals surface area contributed by atoms with E-state index in [0.717, 1.165) is 5.56 Å². The minimum Gasteiger partial charge on any atom is -0.488 e. The van der Waals surface area contributed by atoms with E-state index in [-0.39, 0.29) is 53.6 Å². The molecule has 4 rings (SSSR count). The summed E-state index contributed by atoms with van der Waals surface area (Å²) in [6.45, 7) is 5.53. The number of nitrogens with zero attached hydrogens (tertiary/aromatic N) is 3.